The highest BCUT2D eigenvalue weighted by atomic mass is 35.5. The molecule has 0 bridgehead atoms. The normalized spacial score (nSPS) is 11.9. The van der Waals surface area contributed by atoms with E-state index in [1.54, 1.807) is 36.4 Å². The van der Waals surface area contributed by atoms with Crippen molar-refractivity contribution < 1.29 is 22.4 Å². The average molecular weight is 650 g/mol. The van der Waals surface area contributed by atoms with E-state index in [4.69, 9.17) is 11.6 Å². The summed E-state index contributed by atoms with van der Waals surface area (Å²) in [5, 5.41) is 3.45. The van der Waals surface area contributed by atoms with Crippen molar-refractivity contribution in [3.63, 3.8) is 0 Å². The SMILES string of the molecule is CCCCNC(=O)C(Cc1ccccc1)N(Cc1ccc(Cl)cc1)C(=O)CN(c1ccccc1F)S(=O)(=O)c1ccc(C)cc1. The average Bonchev–Trinajstić information content (AvgIpc) is 3.03. The van der Waals surface area contributed by atoms with E-state index in [0.717, 1.165) is 34.3 Å². The summed E-state index contributed by atoms with van der Waals surface area (Å²) in [6.45, 7) is 3.51. The van der Waals surface area contributed by atoms with Gasteiger partial charge in [0.25, 0.3) is 10.0 Å². The lowest BCUT2D eigenvalue weighted by Crippen LogP contribution is -2.53. The quantitative estimate of drug-likeness (QED) is 0.157. The minimum Gasteiger partial charge on any atom is -0.354 e. The highest BCUT2D eigenvalue weighted by molar-refractivity contribution is 7.92. The van der Waals surface area contributed by atoms with E-state index >= 15 is 4.39 Å². The van der Waals surface area contributed by atoms with E-state index in [9.17, 15) is 18.0 Å². The Morgan fingerprint density at radius 2 is 1.51 bits per heavy atom. The van der Waals surface area contributed by atoms with Crippen molar-refractivity contribution >= 4 is 39.1 Å². The Hall–Kier alpha value is -4.21. The second-order valence-corrected chi connectivity index (χ2v) is 13.1. The van der Waals surface area contributed by atoms with E-state index in [1.165, 1.54) is 35.2 Å². The molecule has 0 radical (unpaired) electrons. The van der Waals surface area contributed by atoms with Gasteiger partial charge in [0.15, 0.2) is 0 Å². The van der Waals surface area contributed by atoms with Gasteiger partial charge >= 0.3 is 0 Å². The first-order chi connectivity index (χ1) is 21.6. The van der Waals surface area contributed by atoms with Gasteiger partial charge in [-0.1, -0.05) is 97.2 Å². The molecule has 2 amide bonds. The summed E-state index contributed by atoms with van der Waals surface area (Å²) in [4.78, 5) is 29.4. The maximum Gasteiger partial charge on any atom is 0.264 e. The summed E-state index contributed by atoms with van der Waals surface area (Å²) in [7, 11) is -4.40. The van der Waals surface area contributed by atoms with Gasteiger partial charge in [-0.2, -0.15) is 0 Å². The number of hydrogen-bond acceptors (Lipinski definition) is 4. The Labute approximate surface area is 269 Å². The van der Waals surface area contributed by atoms with Crippen LogP contribution in [-0.4, -0.2) is 44.3 Å². The lowest BCUT2D eigenvalue weighted by atomic mass is 10.0. The molecular weight excluding hydrogens is 613 g/mol. The first-order valence-electron chi connectivity index (χ1n) is 14.8. The molecule has 0 fully saturated rings. The monoisotopic (exact) mass is 649 g/mol. The second-order valence-electron chi connectivity index (χ2n) is 10.8. The zero-order chi connectivity index (χ0) is 32.4. The summed E-state index contributed by atoms with van der Waals surface area (Å²) >= 11 is 6.12. The van der Waals surface area contributed by atoms with Crippen LogP contribution in [0.2, 0.25) is 5.02 Å². The van der Waals surface area contributed by atoms with E-state index < -0.39 is 34.3 Å². The highest BCUT2D eigenvalue weighted by Gasteiger charge is 2.35. The molecule has 0 aliphatic heterocycles. The van der Waals surface area contributed by atoms with Gasteiger partial charge in [0.2, 0.25) is 11.8 Å². The maximum absolute atomic E-state index is 15.2. The van der Waals surface area contributed by atoms with Crippen LogP contribution in [0, 0.1) is 12.7 Å². The van der Waals surface area contributed by atoms with E-state index in [0.29, 0.717) is 17.1 Å². The summed E-state index contributed by atoms with van der Waals surface area (Å²) in [5.41, 5.74) is 2.07. The highest BCUT2D eigenvalue weighted by Crippen LogP contribution is 2.27. The van der Waals surface area contributed by atoms with Gasteiger partial charge < -0.3 is 10.2 Å². The minimum absolute atomic E-state index is 0.00953. The van der Waals surface area contributed by atoms with Gasteiger partial charge in [0.05, 0.1) is 10.6 Å². The van der Waals surface area contributed by atoms with Crippen LogP contribution in [0.1, 0.15) is 36.5 Å². The molecule has 0 aromatic heterocycles. The third kappa shape index (κ3) is 8.93. The smallest absolute Gasteiger partial charge is 0.264 e. The van der Waals surface area contributed by atoms with Crippen molar-refractivity contribution in [3.05, 3.63) is 131 Å². The molecule has 10 heteroatoms. The van der Waals surface area contributed by atoms with Gasteiger partial charge in [-0.3, -0.25) is 13.9 Å². The van der Waals surface area contributed by atoms with Crippen molar-refractivity contribution in [2.45, 2.75) is 50.6 Å². The van der Waals surface area contributed by atoms with Gasteiger partial charge in [-0.25, -0.2) is 12.8 Å². The first kappa shape index (κ1) is 33.7. The van der Waals surface area contributed by atoms with Gasteiger partial charge in [-0.15, -0.1) is 0 Å². The molecule has 0 spiro atoms. The molecule has 236 valence electrons. The van der Waals surface area contributed by atoms with E-state index in [2.05, 4.69) is 5.32 Å². The number of carbonyl (C=O) groups excluding carboxylic acids is 2. The van der Waals surface area contributed by atoms with Crippen molar-refractivity contribution in [1.29, 1.82) is 0 Å². The predicted octanol–water partition coefficient (Wildman–Crippen LogP) is 6.54. The molecule has 1 atom stereocenters. The fourth-order valence-electron chi connectivity index (χ4n) is 4.85. The topological polar surface area (TPSA) is 86.8 Å². The molecular formula is C35H37ClFN3O4S. The van der Waals surface area contributed by atoms with Gasteiger partial charge in [0, 0.05) is 24.5 Å². The molecule has 45 heavy (non-hydrogen) atoms. The molecule has 4 aromatic rings. The molecule has 1 N–H and O–H groups in total. The number of anilines is 1. The third-order valence-electron chi connectivity index (χ3n) is 7.38. The fourth-order valence-corrected chi connectivity index (χ4v) is 6.40. The number of sulfonamides is 1. The molecule has 4 aromatic carbocycles. The van der Waals surface area contributed by atoms with Gasteiger partial charge in [0.1, 0.15) is 18.4 Å². The Balaban J connectivity index is 1.79. The number of carbonyl (C=O) groups is 2. The lowest BCUT2D eigenvalue weighted by Gasteiger charge is -2.34. The standard InChI is InChI=1S/C35H37ClFN3O4S/c1-3-4-22-38-35(42)33(23-27-10-6-5-7-11-27)39(24-28-16-18-29(36)19-17-28)34(41)25-40(32-13-9-8-12-31(32)37)45(43,44)30-20-14-26(2)15-21-30/h5-21,33H,3-4,22-25H2,1-2H3,(H,38,42). The van der Waals surface area contributed by atoms with Crippen LogP contribution in [0.5, 0.6) is 0 Å². The molecule has 0 heterocycles. The Morgan fingerprint density at radius 3 is 2.16 bits per heavy atom. The minimum atomic E-state index is -4.40. The number of nitrogens with one attached hydrogen (secondary N) is 1. The summed E-state index contributed by atoms with van der Waals surface area (Å²) < 4.78 is 44.0. The molecule has 1 unspecified atom stereocenters. The van der Waals surface area contributed by atoms with Crippen molar-refractivity contribution in [3.8, 4) is 0 Å². The predicted molar refractivity (Wildman–Crippen MR) is 176 cm³/mol. The molecule has 0 aliphatic rings. The molecule has 7 nitrogen and oxygen atoms in total. The largest absolute Gasteiger partial charge is 0.354 e. The van der Waals surface area contributed by atoms with E-state index in [-0.39, 0.29) is 29.5 Å². The number of hydrogen-bond donors (Lipinski definition) is 1. The molecule has 0 saturated heterocycles. The Morgan fingerprint density at radius 1 is 0.867 bits per heavy atom. The van der Waals surface area contributed by atoms with Crippen LogP contribution in [0.4, 0.5) is 10.1 Å². The molecule has 4 rings (SSSR count). The van der Waals surface area contributed by atoms with Crippen LogP contribution < -0.4 is 9.62 Å². The number of aryl methyl sites for hydroxylation is 1. The zero-order valence-corrected chi connectivity index (χ0v) is 26.9. The van der Waals surface area contributed by atoms with Gasteiger partial charge in [-0.05, 0) is 60.9 Å². The molecule has 0 aliphatic carbocycles. The third-order valence-corrected chi connectivity index (χ3v) is 9.40. The van der Waals surface area contributed by atoms with Crippen molar-refractivity contribution in [2.24, 2.45) is 0 Å². The number of unbranched alkanes of at least 4 members (excludes halogenated alkanes) is 1. The van der Waals surface area contributed by atoms with E-state index in [1.807, 2.05) is 44.2 Å². The maximum atomic E-state index is 15.2. The summed E-state index contributed by atoms with van der Waals surface area (Å²) in [6, 6.07) is 26.7. The van der Waals surface area contributed by atoms with Crippen LogP contribution in [0.15, 0.2) is 108 Å². The number of halogens is 2. The Kier molecular flexibility index (Phi) is 11.7. The number of nitrogens with zero attached hydrogens (tertiary/aromatic N) is 2. The van der Waals surface area contributed by atoms with Crippen LogP contribution in [0.3, 0.4) is 0 Å². The zero-order valence-electron chi connectivity index (χ0n) is 25.3. The van der Waals surface area contributed by atoms with Crippen LogP contribution in [-0.2, 0) is 32.6 Å². The first-order valence-corrected chi connectivity index (χ1v) is 16.6. The number of rotatable bonds is 14. The second kappa shape index (κ2) is 15.7. The molecule has 0 saturated carbocycles. The van der Waals surface area contributed by atoms with Crippen molar-refractivity contribution in [1.82, 2.24) is 10.2 Å². The number of para-hydroxylation sites is 1. The summed E-state index contributed by atoms with van der Waals surface area (Å²) in [5.74, 6) is -1.84. The van der Waals surface area contributed by atoms with Crippen LogP contribution in [0.25, 0.3) is 0 Å². The van der Waals surface area contributed by atoms with Crippen LogP contribution >= 0.6 is 11.6 Å². The summed E-state index contributed by atoms with van der Waals surface area (Å²) in [6.07, 6.45) is 1.80. The Bertz CT molecular complexity index is 1680. The van der Waals surface area contributed by atoms with Crippen molar-refractivity contribution in [2.75, 3.05) is 17.4 Å². The lowest BCUT2D eigenvalue weighted by molar-refractivity contribution is -0.140. The fraction of sp³-hybridized carbons (Fsp3) is 0.257. The number of benzene rings is 4. The number of amides is 2.